The number of carboxylic acids is 2. The normalized spacial score (nSPS) is 9.97. The van der Waals surface area contributed by atoms with Crippen LogP contribution in [0.15, 0.2) is 47.0 Å². The summed E-state index contributed by atoms with van der Waals surface area (Å²) in [5.41, 5.74) is -0.0550. The zero-order chi connectivity index (χ0) is 22.3. The quantitative estimate of drug-likeness (QED) is 0.573. The van der Waals surface area contributed by atoms with Gasteiger partial charge >= 0.3 is 5.97 Å². The number of rotatable bonds is 5. The van der Waals surface area contributed by atoms with Gasteiger partial charge in [-0.15, -0.1) is 0 Å². The van der Waals surface area contributed by atoms with Gasteiger partial charge in [0.05, 0.1) is 17.7 Å². The summed E-state index contributed by atoms with van der Waals surface area (Å²) in [6.07, 6.45) is 0. The van der Waals surface area contributed by atoms with E-state index in [1.165, 1.54) is 24.3 Å². The van der Waals surface area contributed by atoms with E-state index in [1.54, 1.807) is 0 Å². The Morgan fingerprint density at radius 3 is 2.40 bits per heavy atom. The van der Waals surface area contributed by atoms with Crippen molar-refractivity contribution in [2.45, 2.75) is 13.5 Å². The second-order valence-corrected chi connectivity index (χ2v) is 5.72. The molecule has 30 heavy (non-hydrogen) atoms. The molecule has 9 nitrogen and oxygen atoms in total. The molecule has 11 heteroatoms. The van der Waals surface area contributed by atoms with Gasteiger partial charge in [0.1, 0.15) is 11.6 Å². The topological polar surface area (TPSA) is 143 Å². The predicted octanol–water partition coefficient (Wildman–Crippen LogP) is 2.73. The van der Waals surface area contributed by atoms with E-state index in [0.29, 0.717) is 0 Å². The number of amides is 1. The number of hydrogen-bond acceptors (Lipinski definition) is 6. The summed E-state index contributed by atoms with van der Waals surface area (Å²) in [5.74, 6) is -4.08. The van der Waals surface area contributed by atoms with Gasteiger partial charge in [-0.05, 0) is 36.4 Å². The lowest BCUT2D eigenvalue weighted by molar-refractivity contribution is -0.134. The molecule has 1 heterocycles. The Morgan fingerprint density at radius 2 is 1.73 bits per heavy atom. The fourth-order valence-corrected chi connectivity index (χ4v) is 2.16. The van der Waals surface area contributed by atoms with Crippen molar-refractivity contribution in [3.8, 4) is 11.4 Å². The van der Waals surface area contributed by atoms with E-state index in [9.17, 15) is 18.4 Å². The van der Waals surface area contributed by atoms with Crippen molar-refractivity contribution in [2.75, 3.05) is 0 Å². The first kappa shape index (κ1) is 22.1. The SMILES string of the molecule is CC(=O)O.O=C(O)c1cccc(C(=O)NCc2nc(-c3cc(F)ccc3F)no2)c1. The lowest BCUT2D eigenvalue weighted by Crippen LogP contribution is -2.23. The number of halogens is 2. The summed E-state index contributed by atoms with van der Waals surface area (Å²) in [6.45, 7) is 0.917. The van der Waals surface area contributed by atoms with E-state index in [2.05, 4.69) is 15.5 Å². The van der Waals surface area contributed by atoms with Crippen LogP contribution in [0.25, 0.3) is 11.4 Å². The molecule has 0 aliphatic heterocycles. The highest BCUT2D eigenvalue weighted by Gasteiger charge is 2.15. The number of carbonyl (C=O) groups is 3. The zero-order valence-electron chi connectivity index (χ0n) is 15.4. The molecule has 0 saturated carbocycles. The standard InChI is InChI=1S/C17H11F2N3O4.C2H4O2/c18-11-4-5-13(19)12(7-11)15-21-14(26-22-15)8-20-16(23)9-2-1-3-10(6-9)17(24)25;1-2(3)4/h1-7H,8H2,(H,20,23)(H,24,25);1H3,(H,3,4). The van der Waals surface area contributed by atoms with Crippen LogP contribution in [-0.4, -0.2) is 38.2 Å². The molecule has 0 spiro atoms. The van der Waals surface area contributed by atoms with Crippen molar-refractivity contribution in [2.24, 2.45) is 0 Å². The molecule has 156 valence electrons. The number of benzene rings is 2. The van der Waals surface area contributed by atoms with Crippen LogP contribution >= 0.6 is 0 Å². The van der Waals surface area contributed by atoms with Gasteiger partial charge in [0.25, 0.3) is 11.9 Å². The smallest absolute Gasteiger partial charge is 0.335 e. The number of nitrogens with one attached hydrogen (secondary N) is 1. The lowest BCUT2D eigenvalue weighted by atomic mass is 10.1. The molecule has 0 radical (unpaired) electrons. The molecule has 3 N–H and O–H groups in total. The Labute approximate surface area is 168 Å². The maximum Gasteiger partial charge on any atom is 0.335 e. The van der Waals surface area contributed by atoms with Gasteiger partial charge in [0.2, 0.25) is 11.7 Å². The summed E-state index contributed by atoms with van der Waals surface area (Å²) < 4.78 is 31.8. The molecule has 0 saturated heterocycles. The van der Waals surface area contributed by atoms with E-state index in [-0.39, 0.29) is 35.0 Å². The van der Waals surface area contributed by atoms with Gasteiger partial charge in [-0.3, -0.25) is 9.59 Å². The maximum absolute atomic E-state index is 13.7. The Balaban J connectivity index is 0.000000735. The molecule has 0 unspecified atom stereocenters. The van der Waals surface area contributed by atoms with E-state index in [0.717, 1.165) is 25.1 Å². The van der Waals surface area contributed by atoms with E-state index < -0.39 is 29.5 Å². The first-order chi connectivity index (χ1) is 14.2. The minimum atomic E-state index is -1.15. The molecule has 0 atom stereocenters. The van der Waals surface area contributed by atoms with Crippen molar-refractivity contribution in [3.05, 3.63) is 71.1 Å². The highest BCUT2D eigenvalue weighted by Crippen LogP contribution is 2.20. The van der Waals surface area contributed by atoms with Crippen LogP contribution in [0, 0.1) is 11.6 Å². The van der Waals surface area contributed by atoms with Crippen LogP contribution in [0.1, 0.15) is 33.5 Å². The number of carboxylic acid groups (broad SMARTS) is 2. The molecule has 3 aromatic rings. The van der Waals surface area contributed by atoms with Crippen LogP contribution < -0.4 is 5.32 Å². The summed E-state index contributed by atoms with van der Waals surface area (Å²) in [5, 5.41) is 22.4. The molecule has 1 amide bonds. The third-order valence-electron chi connectivity index (χ3n) is 3.41. The van der Waals surface area contributed by atoms with Gasteiger partial charge in [-0.2, -0.15) is 4.98 Å². The van der Waals surface area contributed by atoms with Crippen LogP contribution in [0.5, 0.6) is 0 Å². The van der Waals surface area contributed by atoms with E-state index >= 15 is 0 Å². The molecule has 0 bridgehead atoms. The Bertz CT molecular complexity index is 1080. The monoisotopic (exact) mass is 419 g/mol. The van der Waals surface area contributed by atoms with Crippen LogP contribution in [0.4, 0.5) is 8.78 Å². The molecule has 0 fully saturated rings. The third kappa shape index (κ3) is 6.19. The molecule has 0 aliphatic carbocycles. The number of aromatic nitrogens is 2. The van der Waals surface area contributed by atoms with Crippen molar-refractivity contribution in [3.63, 3.8) is 0 Å². The minimum absolute atomic E-state index is 0.0219. The second-order valence-electron chi connectivity index (χ2n) is 5.72. The highest BCUT2D eigenvalue weighted by atomic mass is 19.1. The largest absolute Gasteiger partial charge is 0.481 e. The van der Waals surface area contributed by atoms with E-state index in [4.69, 9.17) is 19.5 Å². The zero-order valence-corrected chi connectivity index (χ0v) is 15.4. The summed E-state index contributed by atoms with van der Waals surface area (Å²) in [4.78, 5) is 35.9. The average Bonchev–Trinajstić information content (AvgIpc) is 3.16. The van der Waals surface area contributed by atoms with Gasteiger partial charge in [-0.25, -0.2) is 13.6 Å². The fraction of sp³-hybridized carbons (Fsp3) is 0.105. The first-order valence-electron chi connectivity index (χ1n) is 8.26. The second kappa shape index (κ2) is 9.87. The highest BCUT2D eigenvalue weighted by molar-refractivity contribution is 5.97. The van der Waals surface area contributed by atoms with Crippen molar-refractivity contribution in [1.29, 1.82) is 0 Å². The van der Waals surface area contributed by atoms with Gasteiger partial charge < -0.3 is 20.1 Å². The number of aromatic carboxylic acids is 1. The molecule has 2 aromatic carbocycles. The minimum Gasteiger partial charge on any atom is -0.481 e. The van der Waals surface area contributed by atoms with Crippen molar-refractivity contribution >= 4 is 17.8 Å². The van der Waals surface area contributed by atoms with E-state index in [1.807, 2.05) is 0 Å². The van der Waals surface area contributed by atoms with Crippen LogP contribution in [0.3, 0.4) is 0 Å². The fourth-order valence-electron chi connectivity index (χ4n) is 2.16. The van der Waals surface area contributed by atoms with Crippen molar-refractivity contribution in [1.82, 2.24) is 15.5 Å². The number of hydrogen-bond donors (Lipinski definition) is 3. The molecule has 3 rings (SSSR count). The number of carbonyl (C=O) groups excluding carboxylic acids is 1. The molecular formula is C19H15F2N3O6. The Morgan fingerprint density at radius 1 is 1.07 bits per heavy atom. The van der Waals surface area contributed by atoms with Crippen LogP contribution in [-0.2, 0) is 11.3 Å². The predicted molar refractivity (Wildman–Crippen MR) is 97.5 cm³/mol. The van der Waals surface area contributed by atoms with Gasteiger partial charge in [0, 0.05) is 12.5 Å². The summed E-state index contributed by atoms with van der Waals surface area (Å²) in [6, 6.07) is 8.30. The molecule has 0 aliphatic rings. The Hall–Kier alpha value is -4.15. The number of aliphatic carboxylic acids is 1. The first-order valence-corrected chi connectivity index (χ1v) is 8.26. The molecular weight excluding hydrogens is 404 g/mol. The number of nitrogens with zero attached hydrogens (tertiary/aromatic N) is 2. The maximum atomic E-state index is 13.7. The van der Waals surface area contributed by atoms with Gasteiger partial charge in [-0.1, -0.05) is 11.2 Å². The average molecular weight is 419 g/mol. The lowest BCUT2D eigenvalue weighted by Gasteiger charge is -2.03. The summed E-state index contributed by atoms with van der Waals surface area (Å²) >= 11 is 0. The molecule has 1 aromatic heterocycles. The Kier molecular flexibility index (Phi) is 7.28. The van der Waals surface area contributed by atoms with Crippen molar-refractivity contribution < 1.29 is 37.9 Å². The van der Waals surface area contributed by atoms with Gasteiger partial charge in [0.15, 0.2) is 0 Å². The van der Waals surface area contributed by atoms with Crippen LogP contribution in [0.2, 0.25) is 0 Å². The summed E-state index contributed by atoms with van der Waals surface area (Å²) in [7, 11) is 0. The third-order valence-corrected chi connectivity index (χ3v) is 3.41.